The van der Waals surface area contributed by atoms with E-state index in [-0.39, 0.29) is 0 Å². The Morgan fingerprint density at radius 2 is 1.62 bits per heavy atom. The van der Waals surface area contributed by atoms with E-state index in [1.807, 2.05) is 30.3 Å². The standard InChI is InChI=1S/C20H17BrINO/c21-19-12-17(8-11-20(19)22)23-13-15-6-9-18(10-7-15)24-14-16-4-2-1-3-5-16/h1-12,23H,13-14H2. The normalized spacial score (nSPS) is 10.4. The minimum absolute atomic E-state index is 0.592. The van der Waals surface area contributed by atoms with Gasteiger partial charge in [-0.2, -0.15) is 0 Å². The zero-order valence-electron chi connectivity index (χ0n) is 13.0. The predicted octanol–water partition coefficient (Wildman–Crippen LogP) is 6.24. The van der Waals surface area contributed by atoms with E-state index in [4.69, 9.17) is 4.74 Å². The maximum absolute atomic E-state index is 5.81. The van der Waals surface area contributed by atoms with Gasteiger partial charge in [0, 0.05) is 20.3 Å². The van der Waals surface area contributed by atoms with Crippen LogP contribution in [0.2, 0.25) is 0 Å². The Kier molecular flexibility index (Phi) is 6.15. The first-order chi connectivity index (χ1) is 11.7. The zero-order valence-corrected chi connectivity index (χ0v) is 16.8. The van der Waals surface area contributed by atoms with Crippen molar-refractivity contribution in [3.8, 4) is 5.75 Å². The van der Waals surface area contributed by atoms with Gasteiger partial charge in [0.1, 0.15) is 12.4 Å². The molecule has 0 fully saturated rings. The summed E-state index contributed by atoms with van der Waals surface area (Å²) in [7, 11) is 0. The van der Waals surface area contributed by atoms with E-state index >= 15 is 0 Å². The van der Waals surface area contributed by atoms with E-state index in [0.717, 1.165) is 22.5 Å². The Labute approximate surface area is 164 Å². The van der Waals surface area contributed by atoms with Crippen LogP contribution in [0.1, 0.15) is 11.1 Å². The highest BCUT2D eigenvalue weighted by atomic mass is 127. The first-order valence-electron chi connectivity index (χ1n) is 7.65. The number of hydrogen-bond acceptors (Lipinski definition) is 2. The van der Waals surface area contributed by atoms with Crippen LogP contribution in [0.3, 0.4) is 0 Å². The molecule has 3 rings (SSSR count). The second-order valence-corrected chi connectivity index (χ2v) is 7.42. The maximum atomic E-state index is 5.81. The van der Waals surface area contributed by atoms with Crippen LogP contribution in [-0.4, -0.2) is 0 Å². The van der Waals surface area contributed by atoms with Crippen LogP contribution in [0.25, 0.3) is 0 Å². The number of ether oxygens (including phenoxy) is 1. The Morgan fingerprint density at radius 3 is 2.33 bits per heavy atom. The first kappa shape index (κ1) is 17.3. The van der Waals surface area contributed by atoms with E-state index in [1.165, 1.54) is 14.7 Å². The summed E-state index contributed by atoms with van der Waals surface area (Å²) in [5, 5.41) is 3.43. The van der Waals surface area contributed by atoms with Crippen molar-refractivity contribution in [3.05, 3.63) is 92.0 Å². The van der Waals surface area contributed by atoms with Gasteiger partial charge in [-0.05, 0) is 80.0 Å². The molecule has 4 heteroatoms. The SMILES string of the molecule is Brc1cc(NCc2ccc(OCc3ccccc3)cc2)ccc1I. The highest BCUT2D eigenvalue weighted by molar-refractivity contribution is 14.1. The molecule has 0 unspecified atom stereocenters. The van der Waals surface area contributed by atoms with Gasteiger partial charge >= 0.3 is 0 Å². The molecule has 0 saturated carbocycles. The van der Waals surface area contributed by atoms with Crippen LogP contribution in [0.5, 0.6) is 5.75 Å². The summed E-state index contributed by atoms with van der Waals surface area (Å²) in [6, 6.07) is 24.7. The third-order valence-corrected chi connectivity index (χ3v) is 5.93. The van der Waals surface area contributed by atoms with Crippen LogP contribution in [0, 0.1) is 3.57 Å². The van der Waals surface area contributed by atoms with Crippen molar-refractivity contribution < 1.29 is 4.74 Å². The Hall–Kier alpha value is -1.53. The molecule has 0 heterocycles. The number of anilines is 1. The monoisotopic (exact) mass is 493 g/mol. The zero-order chi connectivity index (χ0) is 16.8. The van der Waals surface area contributed by atoms with Crippen LogP contribution in [0.4, 0.5) is 5.69 Å². The van der Waals surface area contributed by atoms with Crippen molar-refractivity contribution >= 4 is 44.2 Å². The van der Waals surface area contributed by atoms with Crippen molar-refractivity contribution in [2.45, 2.75) is 13.2 Å². The van der Waals surface area contributed by atoms with Gasteiger partial charge in [-0.1, -0.05) is 42.5 Å². The molecule has 2 nitrogen and oxygen atoms in total. The maximum Gasteiger partial charge on any atom is 0.119 e. The van der Waals surface area contributed by atoms with Gasteiger partial charge in [-0.3, -0.25) is 0 Å². The first-order valence-corrected chi connectivity index (χ1v) is 9.52. The van der Waals surface area contributed by atoms with E-state index in [2.05, 4.69) is 86.3 Å². The summed E-state index contributed by atoms with van der Waals surface area (Å²) in [4.78, 5) is 0. The lowest BCUT2D eigenvalue weighted by molar-refractivity contribution is 0.306. The summed E-state index contributed by atoms with van der Waals surface area (Å²) < 4.78 is 8.13. The molecule has 0 atom stereocenters. The summed E-state index contributed by atoms with van der Waals surface area (Å²) in [6.45, 7) is 1.38. The van der Waals surface area contributed by atoms with E-state index in [0.29, 0.717) is 6.61 Å². The molecule has 122 valence electrons. The molecule has 0 radical (unpaired) electrons. The van der Waals surface area contributed by atoms with Crippen molar-refractivity contribution in [2.75, 3.05) is 5.32 Å². The van der Waals surface area contributed by atoms with Gasteiger partial charge in [-0.15, -0.1) is 0 Å². The summed E-state index contributed by atoms with van der Waals surface area (Å²) in [5.41, 5.74) is 3.50. The van der Waals surface area contributed by atoms with Crippen molar-refractivity contribution in [1.82, 2.24) is 0 Å². The average Bonchev–Trinajstić information content (AvgIpc) is 2.63. The smallest absolute Gasteiger partial charge is 0.119 e. The minimum atomic E-state index is 0.592. The van der Waals surface area contributed by atoms with Gasteiger partial charge < -0.3 is 10.1 Å². The van der Waals surface area contributed by atoms with Gasteiger partial charge in [0.05, 0.1) is 0 Å². The van der Waals surface area contributed by atoms with E-state index in [1.54, 1.807) is 0 Å². The van der Waals surface area contributed by atoms with Crippen molar-refractivity contribution in [2.24, 2.45) is 0 Å². The van der Waals surface area contributed by atoms with Crippen molar-refractivity contribution in [3.63, 3.8) is 0 Å². The predicted molar refractivity (Wildman–Crippen MR) is 111 cm³/mol. The lowest BCUT2D eigenvalue weighted by atomic mass is 10.2. The van der Waals surface area contributed by atoms with Crippen molar-refractivity contribution in [1.29, 1.82) is 0 Å². The second-order valence-electron chi connectivity index (χ2n) is 5.40. The van der Waals surface area contributed by atoms with Gasteiger partial charge in [-0.25, -0.2) is 0 Å². The fourth-order valence-electron chi connectivity index (χ4n) is 2.25. The largest absolute Gasteiger partial charge is 0.489 e. The quantitative estimate of drug-likeness (QED) is 0.410. The third kappa shape index (κ3) is 4.98. The molecule has 24 heavy (non-hydrogen) atoms. The number of hydrogen-bond donors (Lipinski definition) is 1. The lowest BCUT2D eigenvalue weighted by Crippen LogP contribution is -2.00. The molecular formula is C20H17BrINO. The molecule has 3 aromatic carbocycles. The molecule has 0 bridgehead atoms. The van der Waals surface area contributed by atoms with E-state index in [9.17, 15) is 0 Å². The van der Waals surface area contributed by atoms with Crippen LogP contribution < -0.4 is 10.1 Å². The number of benzene rings is 3. The fourth-order valence-corrected chi connectivity index (χ4v) is 2.97. The highest BCUT2D eigenvalue weighted by Crippen LogP contribution is 2.23. The summed E-state index contributed by atoms with van der Waals surface area (Å²) >= 11 is 5.86. The second kappa shape index (κ2) is 8.53. The topological polar surface area (TPSA) is 21.3 Å². The lowest BCUT2D eigenvalue weighted by Gasteiger charge is -2.10. The summed E-state index contributed by atoms with van der Waals surface area (Å²) in [5.74, 6) is 0.889. The number of rotatable bonds is 6. The molecule has 0 saturated heterocycles. The van der Waals surface area contributed by atoms with Crippen LogP contribution >= 0.6 is 38.5 Å². The molecule has 1 N–H and O–H groups in total. The molecule has 0 aliphatic heterocycles. The number of halogens is 2. The molecule has 0 amide bonds. The number of nitrogens with one attached hydrogen (secondary N) is 1. The Balaban J connectivity index is 1.53. The Morgan fingerprint density at radius 1 is 0.875 bits per heavy atom. The van der Waals surface area contributed by atoms with Gasteiger partial charge in [0.15, 0.2) is 0 Å². The average molecular weight is 494 g/mol. The molecule has 0 aliphatic carbocycles. The molecule has 0 spiro atoms. The fraction of sp³-hybridized carbons (Fsp3) is 0.100. The Bertz CT molecular complexity index is 790. The van der Waals surface area contributed by atoms with Crippen LogP contribution in [0.15, 0.2) is 77.3 Å². The highest BCUT2D eigenvalue weighted by Gasteiger charge is 2.00. The molecular weight excluding hydrogens is 477 g/mol. The molecule has 0 aliphatic rings. The van der Waals surface area contributed by atoms with Crippen LogP contribution in [-0.2, 0) is 13.2 Å². The van der Waals surface area contributed by atoms with Gasteiger partial charge in [0.2, 0.25) is 0 Å². The summed E-state index contributed by atoms with van der Waals surface area (Å²) in [6.07, 6.45) is 0. The minimum Gasteiger partial charge on any atom is -0.489 e. The molecule has 0 aromatic heterocycles. The third-order valence-electron chi connectivity index (χ3n) is 3.59. The van der Waals surface area contributed by atoms with E-state index < -0.39 is 0 Å². The molecule has 3 aromatic rings. The van der Waals surface area contributed by atoms with Gasteiger partial charge in [0.25, 0.3) is 0 Å².